The van der Waals surface area contributed by atoms with E-state index in [9.17, 15) is 4.79 Å². The molecular formula is C19H23N5O2S. The number of nitrogens with one attached hydrogen (secondary N) is 2. The molecule has 0 spiro atoms. The number of amides is 1. The van der Waals surface area contributed by atoms with Crippen LogP contribution in [0.2, 0.25) is 0 Å². The van der Waals surface area contributed by atoms with Gasteiger partial charge in [0.15, 0.2) is 5.65 Å². The lowest BCUT2D eigenvalue weighted by atomic mass is 9.95. The summed E-state index contributed by atoms with van der Waals surface area (Å²) < 4.78 is 5.55. The molecule has 2 aromatic heterocycles. The number of aromatic amines is 1. The molecule has 1 fully saturated rings. The van der Waals surface area contributed by atoms with Gasteiger partial charge in [0.1, 0.15) is 11.3 Å². The maximum atomic E-state index is 12.2. The Labute approximate surface area is 161 Å². The number of ether oxygens (including phenoxy) is 1. The standard InChI is InChI=1S/C19H23N5O2S/c1-2-26-13-8-9-15-14(10-13)17-18(21-15)22-19(24-23-17)27-11-16(25)20-12-6-4-3-5-7-12/h8-10,12H,2-7,11H2,1H3,(H,20,25)(H,21,22,24). The molecule has 0 aliphatic heterocycles. The van der Waals surface area contributed by atoms with E-state index in [0.717, 1.165) is 29.5 Å². The van der Waals surface area contributed by atoms with Crippen LogP contribution in [0.25, 0.3) is 22.1 Å². The van der Waals surface area contributed by atoms with E-state index in [1.165, 1.54) is 31.0 Å². The van der Waals surface area contributed by atoms with Gasteiger partial charge in [-0.25, -0.2) is 4.98 Å². The highest BCUT2D eigenvalue weighted by atomic mass is 32.2. The zero-order valence-corrected chi connectivity index (χ0v) is 16.1. The highest BCUT2D eigenvalue weighted by Gasteiger charge is 2.16. The van der Waals surface area contributed by atoms with Gasteiger partial charge in [-0.05, 0) is 38.0 Å². The fourth-order valence-corrected chi connectivity index (χ4v) is 4.10. The van der Waals surface area contributed by atoms with Crippen molar-refractivity contribution in [3.05, 3.63) is 18.2 Å². The highest BCUT2D eigenvalue weighted by Crippen LogP contribution is 2.27. The largest absolute Gasteiger partial charge is 0.494 e. The Morgan fingerprint density at radius 2 is 2.15 bits per heavy atom. The van der Waals surface area contributed by atoms with E-state index in [4.69, 9.17) is 4.74 Å². The molecule has 2 heterocycles. The molecule has 1 aliphatic carbocycles. The van der Waals surface area contributed by atoms with Gasteiger partial charge in [0.05, 0.1) is 12.4 Å². The van der Waals surface area contributed by atoms with Gasteiger partial charge in [-0.1, -0.05) is 31.0 Å². The summed E-state index contributed by atoms with van der Waals surface area (Å²) in [6.45, 7) is 2.57. The first-order chi connectivity index (χ1) is 13.2. The number of hydrogen-bond donors (Lipinski definition) is 2. The van der Waals surface area contributed by atoms with Crippen LogP contribution in [-0.4, -0.2) is 44.5 Å². The lowest BCUT2D eigenvalue weighted by Crippen LogP contribution is -2.37. The van der Waals surface area contributed by atoms with Crippen LogP contribution in [0.3, 0.4) is 0 Å². The second-order valence-electron chi connectivity index (χ2n) is 6.75. The van der Waals surface area contributed by atoms with Crippen LogP contribution in [0, 0.1) is 0 Å². The van der Waals surface area contributed by atoms with Gasteiger partial charge in [-0.3, -0.25) is 4.79 Å². The minimum Gasteiger partial charge on any atom is -0.494 e. The van der Waals surface area contributed by atoms with Crippen molar-refractivity contribution in [1.82, 2.24) is 25.5 Å². The Morgan fingerprint density at radius 3 is 2.96 bits per heavy atom. The van der Waals surface area contributed by atoms with Gasteiger partial charge in [0.2, 0.25) is 11.1 Å². The fourth-order valence-electron chi connectivity index (χ4n) is 3.50. The normalized spacial score (nSPS) is 15.3. The number of H-pyrrole nitrogens is 1. The minimum atomic E-state index is 0.0357. The molecule has 4 rings (SSSR count). The average molecular weight is 385 g/mol. The van der Waals surface area contributed by atoms with Crippen molar-refractivity contribution in [3.63, 3.8) is 0 Å². The molecule has 7 nitrogen and oxygen atoms in total. The molecule has 8 heteroatoms. The average Bonchev–Trinajstić information content (AvgIpc) is 3.04. The number of carbonyl (C=O) groups excluding carboxylic acids is 1. The Morgan fingerprint density at radius 1 is 1.30 bits per heavy atom. The van der Waals surface area contributed by atoms with Gasteiger partial charge in [-0.15, -0.1) is 10.2 Å². The Bertz CT molecular complexity index is 952. The molecule has 0 atom stereocenters. The molecule has 0 radical (unpaired) electrons. The number of aromatic nitrogens is 4. The molecular weight excluding hydrogens is 362 g/mol. The molecule has 0 bridgehead atoms. The third kappa shape index (κ3) is 4.16. The zero-order chi connectivity index (χ0) is 18.6. The van der Waals surface area contributed by atoms with E-state index in [1.807, 2.05) is 25.1 Å². The molecule has 0 unspecified atom stereocenters. The van der Waals surface area contributed by atoms with E-state index >= 15 is 0 Å². The van der Waals surface area contributed by atoms with Crippen LogP contribution >= 0.6 is 11.8 Å². The first-order valence-corrected chi connectivity index (χ1v) is 10.4. The molecule has 1 amide bonds. The molecule has 3 aromatic rings. The molecule has 1 aromatic carbocycles. The lowest BCUT2D eigenvalue weighted by molar-refractivity contribution is -0.119. The second kappa shape index (κ2) is 8.12. The van der Waals surface area contributed by atoms with Crippen LogP contribution in [0.5, 0.6) is 5.75 Å². The third-order valence-corrected chi connectivity index (χ3v) is 5.62. The number of benzene rings is 1. The van der Waals surface area contributed by atoms with Crippen molar-refractivity contribution in [3.8, 4) is 5.75 Å². The number of nitrogens with zero attached hydrogens (tertiary/aromatic N) is 3. The smallest absolute Gasteiger partial charge is 0.230 e. The van der Waals surface area contributed by atoms with E-state index in [1.54, 1.807) is 0 Å². The summed E-state index contributed by atoms with van der Waals surface area (Å²) in [7, 11) is 0. The van der Waals surface area contributed by atoms with Crippen LogP contribution < -0.4 is 10.1 Å². The number of thioether (sulfide) groups is 1. The summed E-state index contributed by atoms with van der Waals surface area (Å²) in [4.78, 5) is 19.9. The molecule has 2 N–H and O–H groups in total. The summed E-state index contributed by atoms with van der Waals surface area (Å²) in [6.07, 6.45) is 5.84. The van der Waals surface area contributed by atoms with Crippen molar-refractivity contribution in [2.24, 2.45) is 0 Å². The molecule has 27 heavy (non-hydrogen) atoms. The van der Waals surface area contributed by atoms with Crippen LogP contribution in [0.4, 0.5) is 0 Å². The van der Waals surface area contributed by atoms with E-state index in [-0.39, 0.29) is 5.91 Å². The summed E-state index contributed by atoms with van der Waals surface area (Å²) in [5, 5.41) is 13.0. The van der Waals surface area contributed by atoms with Crippen molar-refractivity contribution >= 4 is 39.7 Å². The van der Waals surface area contributed by atoms with Gasteiger partial charge >= 0.3 is 0 Å². The highest BCUT2D eigenvalue weighted by molar-refractivity contribution is 7.99. The monoisotopic (exact) mass is 385 g/mol. The first-order valence-electron chi connectivity index (χ1n) is 9.44. The topological polar surface area (TPSA) is 92.8 Å². The quantitative estimate of drug-likeness (QED) is 0.632. The Balaban J connectivity index is 1.45. The van der Waals surface area contributed by atoms with E-state index in [0.29, 0.717) is 34.7 Å². The Kier molecular flexibility index (Phi) is 5.42. The Hall–Kier alpha value is -2.35. The van der Waals surface area contributed by atoms with Crippen molar-refractivity contribution < 1.29 is 9.53 Å². The number of hydrogen-bond acceptors (Lipinski definition) is 6. The number of rotatable bonds is 6. The number of carbonyl (C=O) groups is 1. The van der Waals surface area contributed by atoms with Gasteiger partial charge in [0, 0.05) is 16.9 Å². The van der Waals surface area contributed by atoms with E-state index in [2.05, 4.69) is 25.5 Å². The summed E-state index contributed by atoms with van der Waals surface area (Å²) >= 11 is 1.31. The molecule has 1 saturated carbocycles. The third-order valence-electron chi connectivity index (χ3n) is 4.78. The zero-order valence-electron chi connectivity index (χ0n) is 15.3. The van der Waals surface area contributed by atoms with Crippen molar-refractivity contribution in [1.29, 1.82) is 0 Å². The predicted molar refractivity (Wildman–Crippen MR) is 106 cm³/mol. The minimum absolute atomic E-state index is 0.0357. The summed E-state index contributed by atoms with van der Waals surface area (Å²) in [5.74, 6) is 1.14. The lowest BCUT2D eigenvalue weighted by Gasteiger charge is -2.22. The van der Waals surface area contributed by atoms with Crippen molar-refractivity contribution in [2.45, 2.75) is 50.2 Å². The second-order valence-corrected chi connectivity index (χ2v) is 7.69. The van der Waals surface area contributed by atoms with Crippen molar-refractivity contribution in [2.75, 3.05) is 12.4 Å². The predicted octanol–water partition coefficient (Wildman–Crippen LogP) is 3.45. The summed E-state index contributed by atoms with van der Waals surface area (Å²) in [6, 6.07) is 6.13. The van der Waals surface area contributed by atoms with Crippen LogP contribution in [-0.2, 0) is 4.79 Å². The molecule has 1 aliphatic rings. The fraction of sp³-hybridized carbons (Fsp3) is 0.474. The maximum Gasteiger partial charge on any atom is 0.230 e. The first kappa shape index (κ1) is 18.0. The van der Waals surface area contributed by atoms with Crippen LogP contribution in [0.15, 0.2) is 23.4 Å². The number of fused-ring (bicyclic) bond motifs is 3. The SMILES string of the molecule is CCOc1ccc2[nH]c3nc(SCC(=O)NC4CCCCC4)nnc3c2c1. The van der Waals surface area contributed by atoms with Crippen LogP contribution in [0.1, 0.15) is 39.0 Å². The maximum absolute atomic E-state index is 12.2. The van der Waals surface area contributed by atoms with Gasteiger partial charge < -0.3 is 15.0 Å². The molecule has 0 saturated heterocycles. The summed E-state index contributed by atoms with van der Waals surface area (Å²) in [5.41, 5.74) is 2.32. The molecule has 142 valence electrons. The van der Waals surface area contributed by atoms with E-state index < -0.39 is 0 Å². The van der Waals surface area contributed by atoms with Gasteiger partial charge in [-0.2, -0.15) is 0 Å². The van der Waals surface area contributed by atoms with Gasteiger partial charge in [0.25, 0.3) is 0 Å².